The second-order valence-corrected chi connectivity index (χ2v) is 6.48. The number of hydrogen-bond donors (Lipinski definition) is 0. The minimum absolute atomic E-state index is 0.207. The average Bonchev–Trinajstić information content (AvgIpc) is 3.17. The van der Waals surface area contributed by atoms with Gasteiger partial charge in [-0.1, -0.05) is 5.16 Å². The average molecular weight is 315 g/mol. The summed E-state index contributed by atoms with van der Waals surface area (Å²) in [6.07, 6.45) is 5.40. The predicted molar refractivity (Wildman–Crippen MR) is 84.1 cm³/mol. The number of nitrogens with zero attached hydrogens (tertiary/aromatic N) is 5. The fourth-order valence-electron chi connectivity index (χ4n) is 3.38. The molecular weight excluding hydrogens is 294 g/mol. The Balaban J connectivity index is 1.37. The van der Waals surface area contributed by atoms with Gasteiger partial charge in [0.25, 0.3) is 0 Å². The van der Waals surface area contributed by atoms with E-state index in [1.807, 2.05) is 29.6 Å². The Labute approximate surface area is 134 Å². The second-order valence-electron chi connectivity index (χ2n) is 6.48. The summed E-state index contributed by atoms with van der Waals surface area (Å²) < 4.78 is 7.21. The normalized spacial score (nSPS) is 19.6. The van der Waals surface area contributed by atoms with Gasteiger partial charge in [-0.3, -0.25) is 14.4 Å². The molecule has 0 atom stereocenters. The van der Waals surface area contributed by atoms with Crippen LogP contribution in [0.15, 0.2) is 16.9 Å². The van der Waals surface area contributed by atoms with Crippen LogP contribution in [-0.2, 0) is 11.3 Å². The molecule has 2 aliphatic rings. The minimum atomic E-state index is 0.207. The van der Waals surface area contributed by atoms with E-state index < -0.39 is 0 Å². The Morgan fingerprint density at radius 2 is 2.17 bits per heavy atom. The van der Waals surface area contributed by atoms with Crippen LogP contribution in [0.5, 0.6) is 0 Å². The number of rotatable bonds is 4. The summed E-state index contributed by atoms with van der Waals surface area (Å²) in [5.74, 6) is 1.11. The minimum Gasteiger partial charge on any atom is -0.361 e. The Kier molecular flexibility index (Phi) is 3.45. The number of aromatic nitrogens is 3. The van der Waals surface area contributed by atoms with Gasteiger partial charge in [-0.15, -0.1) is 0 Å². The lowest BCUT2D eigenvalue weighted by Crippen LogP contribution is -2.47. The summed E-state index contributed by atoms with van der Waals surface area (Å²) in [6, 6.07) is 0.377. The molecule has 7 nitrogen and oxygen atoms in total. The highest BCUT2D eigenvalue weighted by atomic mass is 16.5. The van der Waals surface area contributed by atoms with E-state index in [1.165, 1.54) is 5.56 Å². The van der Waals surface area contributed by atoms with Crippen molar-refractivity contribution in [3.05, 3.63) is 29.4 Å². The number of carbonyl (C=O) groups excluding carboxylic acids is 1. The van der Waals surface area contributed by atoms with Gasteiger partial charge in [0.1, 0.15) is 5.76 Å². The third-order valence-corrected chi connectivity index (χ3v) is 4.85. The van der Waals surface area contributed by atoms with Crippen LogP contribution in [0.25, 0.3) is 0 Å². The molecule has 23 heavy (non-hydrogen) atoms. The standard InChI is InChI=1S/C16H21N5O2/c1-11-15(12(2)23-18-11)10-19-7-14(8-19)21-9-13(6-17-21)20-5-3-4-16(20)22/h6,9,14H,3-5,7-8,10H2,1-2H3. The van der Waals surface area contributed by atoms with Crippen molar-refractivity contribution in [3.63, 3.8) is 0 Å². The molecule has 2 fully saturated rings. The molecule has 2 saturated heterocycles. The molecule has 0 N–H and O–H groups in total. The van der Waals surface area contributed by atoms with Crippen LogP contribution in [0, 0.1) is 13.8 Å². The molecule has 0 bridgehead atoms. The molecular formula is C16H21N5O2. The highest BCUT2D eigenvalue weighted by Gasteiger charge is 2.31. The molecule has 1 amide bonds. The van der Waals surface area contributed by atoms with Gasteiger partial charge in [0.05, 0.1) is 23.6 Å². The lowest BCUT2D eigenvalue weighted by molar-refractivity contribution is -0.117. The Morgan fingerprint density at radius 1 is 1.35 bits per heavy atom. The first-order chi connectivity index (χ1) is 11.1. The molecule has 4 heterocycles. The van der Waals surface area contributed by atoms with Crippen LogP contribution < -0.4 is 4.90 Å². The predicted octanol–water partition coefficient (Wildman–Crippen LogP) is 1.67. The topological polar surface area (TPSA) is 67.4 Å². The van der Waals surface area contributed by atoms with Crippen LogP contribution >= 0.6 is 0 Å². The highest BCUT2D eigenvalue weighted by molar-refractivity contribution is 5.95. The Morgan fingerprint density at radius 3 is 2.83 bits per heavy atom. The molecule has 0 saturated carbocycles. The monoisotopic (exact) mass is 315 g/mol. The van der Waals surface area contributed by atoms with Crippen molar-refractivity contribution in [1.29, 1.82) is 0 Å². The van der Waals surface area contributed by atoms with E-state index in [1.54, 1.807) is 6.20 Å². The third-order valence-electron chi connectivity index (χ3n) is 4.85. The maximum Gasteiger partial charge on any atom is 0.227 e. The van der Waals surface area contributed by atoms with Crippen molar-refractivity contribution in [2.24, 2.45) is 0 Å². The van der Waals surface area contributed by atoms with Gasteiger partial charge >= 0.3 is 0 Å². The van der Waals surface area contributed by atoms with Gasteiger partial charge in [0.15, 0.2) is 0 Å². The molecule has 0 spiro atoms. The van der Waals surface area contributed by atoms with Gasteiger partial charge in [0, 0.05) is 44.4 Å². The molecule has 0 aromatic carbocycles. The molecule has 2 aromatic heterocycles. The zero-order valence-corrected chi connectivity index (χ0v) is 13.5. The number of likely N-dealkylation sites (tertiary alicyclic amines) is 1. The number of carbonyl (C=O) groups is 1. The van der Waals surface area contributed by atoms with E-state index in [2.05, 4.69) is 15.2 Å². The van der Waals surface area contributed by atoms with E-state index in [9.17, 15) is 4.79 Å². The molecule has 4 rings (SSSR count). The van der Waals surface area contributed by atoms with Crippen molar-refractivity contribution in [1.82, 2.24) is 19.8 Å². The number of aryl methyl sites for hydroxylation is 2. The molecule has 122 valence electrons. The van der Waals surface area contributed by atoms with E-state index in [0.717, 1.165) is 49.7 Å². The Bertz CT molecular complexity index is 709. The summed E-state index contributed by atoms with van der Waals surface area (Å²) in [7, 11) is 0. The zero-order chi connectivity index (χ0) is 16.0. The second kappa shape index (κ2) is 5.49. The van der Waals surface area contributed by atoms with E-state index in [-0.39, 0.29) is 5.91 Å². The summed E-state index contributed by atoms with van der Waals surface area (Å²) in [5.41, 5.74) is 3.09. The smallest absolute Gasteiger partial charge is 0.227 e. The first-order valence-corrected chi connectivity index (χ1v) is 8.10. The van der Waals surface area contributed by atoms with Crippen molar-refractivity contribution in [3.8, 4) is 0 Å². The van der Waals surface area contributed by atoms with Crippen molar-refractivity contribution < 1.29 is 9.32 Å². The molecule has 2 aromatic rings. The fraction of sp³-hybridized carbons (Fsp3) is 0.562. The molecule has 7 heteroatoms. The van der Waals surface area contributed by atoms with Crippen molar-refractivity contribution in [2.75, 3.05) is 24.5 Å². The first kappa shape index (κ1) is 14.4. The molecule has 0 unspecified atom stereocenters. The van der Waals surface area contributed by atoms with Crippen LogP contribution in [-0.4, -0.2) is 45.4 Å². The summed E-state index contributed by atoms with van der Waals surface area (Å²) in [6.45, 7) is 7.54. The number of amides is 1. The quantitative estimate of drug-likeness (QED) is 0.858. The molecule has 0 radical (unpaired) electrons. The summed E-state index contributed by atoms with van der Waals surface area (Å²) in [4.78, 5) is 16.0. The Hall–Kier alpha value is -2.15. The largest absolute Gasteiger partial charge is 0.361 e. The lowest BCUT2D eigenvalue weighted by atomic mass is 10.1. The van der Waals surface area contributed by atoms with E-state index in [0.29, 0.717) is 12.5 Å². The number of hydrogen-bond acceptors (Lipinski definition) is 5. The SMILES string of the molecule is Cc1noc(C)c1CN1CC(n2cc(N3CCCC3=O)cn2)C1. The van der Waals surface area contributed by atoms with Crippen LogP contribution in [0.2, 0.25) is 0 Å². The lowest BCUT2D eigenvalue weighted by Gasteiger charge is -2.39. The zero-order valence-electron chi connectivity index (χ0n) is 13.5. The maximum atomic E-state index is 11.8. The van der Waals surface area contributed by atoms with Gasteiger partial charge in [-0.25, -0.2) is 0 Å². The summed E-state index contributed by atoms with van der Waals surface area (Å²) >= 11 is 0. The van der Waals surface area contributed by atoms with Gasteiger partial charge in [0.2, 0.25) is 5.91 Å². The van der Waals surface area contributed by atoms with Gasteiger partial charge < -0.3 is 9.42 Å². The highest BCUT2D eigenvalue weighted by Crippen LogP contribution is 2.27. The van der Waals surface area contributed by atoms with Gasteiger partial charge in [-0.05, 0) is 20.3 Å². The van der Waals surface area contributed by atoms with Crippen LogP contribution in [0.4, 0.5) is 5.69 Å². The van der Waals surface area contributed by atoms with Crippen molar-refractivity contribution in [2.45, 2.75) is 39.3 Å². The molecule has 2 aliphatic heterocycles. The van der Waals surface area contributed by atoms with E-state index in [4.69, 9.17) is 4.52 Å². The van der Waals surface area contributed by atoms with E-state index >= 15 is 0 Å². The summed E-state index contributed by atoms with van der Waals surface area (Å²) in [5, 5.41) is 8.45. The first-order valence-electron chi connectivity index (χ1n) is 8.10. The van der Waals surface area contributed by atoms with Gasteiger partial charge in [-0.2, -0.15) is 5.10 Å². The maximum absolute atomic E-state index is 11.8. The molecule has 0 aliphatic carbocycles. The third kappa shape index (κ3) is 2.55. The van der Waals surface area contributed by atoms with Crippen molar-refractivity contribution >= 4 is 11.6 Å². The van der Waals surface area contributed by atoms with Crippen LogP contribution in [0.1, 0.15) is 35.9 Å². The van der Waals surface area contributed by atoms with Crippen LogP contribution in [0.3, 0.4) is 0 Å². The fourth-order valence-corrected chi connectivity index (χ4v) is 3.38. The number of anilines is 1.